The molecule has 0 spiro atoms. The molecule has 0 aliphatic rings. The van der Waals surface area contributed by atoms with Gasteiger partial charge in [0.2, 0.25) is 15.9 Å². The summed E-state index contributed by atoms with van der Waals surface area (Å²) >= 11 is 0. The van der Waals surface area contributed by atoms with Crippen LogP contribution < -0.4 is 10.0 Å². The van der Waals surface area contributed by atoms with Crippen LogP contribution in [0.1, 0.15) is 36.7 Å². The zero-order chi connectivity index (χ0) is 23.2. The molecule has 0 bridgehead atoms. The number of hydrogen-bond acceptors (Lipinski definition) is 4. The molecule has 2 amide bonds. The monoisotopic (exact) mass is 453 g/mol. The molecule has 168 valence electrons. The lowest BCUT2D eigenvalue weighted by atomic mass is 10.2. The minimum atomic E-state index is -3.92. The summed E-state index contributed by atoms with van der Waals surface area (Å²) in [6.45, 7) is 4.77. The zero-order valence-corrected chi connectivity index (χ0v) is 18.3. The largest absolute Gasteiger partial charge is 0.350 e. The van der Waals surface area contributed by atoms with E-state index in [0.717, 1.165) is 23.1 Å². The van der Waals surface area contributed by atoms with Crippen LogP contribution in [0.25, 0.3) is 0 Å². The van der Waals surface area contributed by atoms with Crippen LogP contribution >= 0.6 is 0 Å². The molecule has 0 radical (unpaired) electrons. The maximum atomic E-state index is 14.3. The van der Waals surface area contributed by atoms with Gasteiger partial charge in [-0.05, 0) is 56.7 Å². The quantitative estimate of drug-likeness (QED) is 0.610. The minimum absolute atomic E-state index is 0.101. The highest BCUT2D eigenvalue weighted by Crippen LogP contribution is 2.17. The minimum Gasteiger partial charge on any atom is -0.350 e. The molecule has 10 heteroatoms. The van der Waals surface area contributed by atoms with Gasteiger partial charge in [-0.2, -0.15) is 0 Å². The predicted octanol–water partition coefficient (Wildman–Crippen LogP) is 2.43. The second-order valence-electron chi connectivity index (χ2n) is 7.14. The van der Waals surface area contributed by atoms with Crippen LogP contribution in [0.4, 0.5) is 8.78 Å². The van der Waals surface area contributed by atoms with Crippen molar-refractivity contribution in [3.05, 3.63) is 65.2 Å². The topological polar surface area (TPSA) is 95.6 Å². The van der Waals surface area contributed by atoms with Crippen LogP contribution in [0, 0.1) is 11.6 Å². The van der Waals surface area contributed by atoms with E-state index in [-0.39, 0.29) is 30.6 Å². The van der Waals surface area contributed by atoms with Crippen molar-refractivity contribution >= 4 is 21.8 Å². The summed E-state index contributed by atoms with van der Waals surface area (Å²) < 4.78 is 54.3. The summed E-state index contributed by atoms with van der Waals surface area (Å²) in [7, 11) is -3.92. The molecule has 0 atom stereocenters. The third-order valence-corrected chi connectivity index (χ3v) is 5.93. The Kier molecular flexibility index (Phi) is 8.23. The van der Waals surface area contributed by atoms with E-state index in [1.165, 1.54) is 24.3 Å². The summed E-state index contributed by atoms with van der Waals surface area (Å²) in [5, 5.41) is 2.61. The van der Waals surface area contributed by atoms with Gasteiger partial charge in [-0.3, -0.25) is 9.59 Å². The fraction of sp³-hybridized carbons (Fsp3) is 0.333. The van der Waals surface area contributed by atoms with Gasteiger partial charge in [0.15, 0.2) is 0 Å². The Morgan fingerprint density at radius 2 is 1.71 bits per heavy atom. The number of nitrogens with one attached hydrogen (secondary N) is 2. The van der Waals surface area contributed by atoms with Crippen molar-refractivity contribution in [1.82, 2.24) is 14.9 Å². The van der Waals surface area contributed by atoms with E-state index in [1.807, 2.05) is 0 Å². The Morgan fingerprint density at radius 1 is 1.06 bits per heavy atom. The fourth-order valence-corrected chi connectivity index (χ4v) is 4.02. The van der Waals surface area contributed by atoms with E-state index in [2.05, 4.69) is 10.0 Å². The van der Waals surface area contributed by atoms with Crippen molar-refractivity contribution in [2.24, 2.45) is 0 Å². The van der Waals surface area contributed by atoms with Crippen LogP contribution in [-0.2, 0) is 21.4 Å². The summed E-state index contributed by atoms with van der Waals surface area (Å²) in [4.78, 5) is 25.9. The highest BCUT2D eigenvalue weighted by atomic mass is 32.2. The molecule has 0 fully saturated rings. The number of sulfonamides is 1. The lowest BCUT2D eigenvalue weighted by Gasteiger charge is -2.21. The molecule has 7 nitrogen and oxygen atoms in total. The maximum absolute atomic E-state index is 14.3. The van der Waals surface area contributed by atoms with Crippen molar-refractivity contribution in [3.8, 4) is 0 Å². The lowest BCUT2D eigenvalue weighted by Crippen LogP contribution is -2.40. The average molecular weight is 454 g/mol. The first-order chi connectivity index (χ1) is 14.5. The molecule has 0 aliphatic heterocycles. The standard InChI is InChI=1S/C21H25F2N3O4S/c1-4-26(13-20(27)24-12-15-5-7-16(22)8-6-15)21(28)18-11-17(9-10-19(18)23)31(29,30)25-14(2)3/h5-11,14,25H,4,12-13H2,1-3H3,(H,24,27). The molecule has 0 saturated heterocycles. The first-order valence-corrected chi connectivity index (χ1v) is 11.1. The molecular weight excluding hydrogens is 428 g/mol. The Balaban J connectivity index is 2.13. The van der Waals surface area contributed by atoms with Gasteiger partial charge in [-0.25, -0.2) is 21.9 Å². The molecule has 0 aliphatic carbocycles. The van der Waals surface area contributed by atoms with Gasteiger partial charge in [0, 0.05) is 19.1 Å². The van der Waals surface area contributed by atoms with E-state index in [4.69, 9.17) is 0 Å². The number of benzene rings is 2. The molecule has 0 unspecified atom stereocenters. The highest BCUT2D eigenvalue weighted by Gasteiger charge is 2.24. The zero-order valence-electron chi connectivity index (χ0n) is 17.5. The molecule has 0 aromatic heterocycles. The van der Waals surface area contributed by atoms with Crippen LogP contribution in [0.5, 0.6) is 0 Å². The number of carbonyl (C=O) groups is 2. The Labute approximate surface area is 180 Å². The van der Waals surface area contributed by atoms with E-state index < -0.39 is 39.0 Å². The Hall–Kier alpha value is -2.85. The van der Waals surface area contributed by atoms with Crippen molar-refractivity contribution in [3.63, 3.8) is 0 Å². The number of halogens is 2. The Morgan fingerprint density at radius 3 is 2.29 bits per heavy atom. The molecule has 2 aromatic carbocycles. The van der Waals surface area contributed by atoms with Gasteiger partial charge in [-0.1, -0.05) is 12.1 Å². The lowest BCUT2D eigenvalue weighted by molar-refractivity contribution is -0.121. The highest BCUT2D eigenvalue weighted by molar-refractivity contribution is 7.89. The number of likely N-dealkylation sites (N-methyl/N-ethyl adjacent to an activating group) is 1. The van der Waals surface area contributed by atoms with Gasteiger partial charge in [0.05, 0.1) is 17.0 Å². The molecule has 2 rings (SSSR count). The Bertz CT molecular complexity index is 1040. The molecule has 31 heavy (non-hydrogen) atoms. The van der Waals surface area contributed by atoms with Crippen molar-refractivity contribution in [2.45, 2.75) is 38.3 Å². The van der Waals surface area contributed by atoms with E-state index in [1.54, 1.807) is 20.8 Å². The second kappa shape index (κ2) is 10.5. The van der Waals surface area contributed by atoms with Crippen molar-refractivity contribution in [1.29, 1.82) is 0 Å². The molecule has 0 heterocycles. The average Bonchev–Trinajstić information content (AvgIpc) is 2.70. The summed E-state index contributed by atoms with van der Waals surface area (Å²) in [5.74, 6) is -2.59. The SMILES string of the molecule is CCN(CC(=O)NCc1ccc(F)cc1)C(=O)c1cc(S(=O)(=O)NC(C)C)ccc1F. The van der Waals surface area contributed by atoms with E-state index in [9.17, 15) is 26.8 Å². The second-order valence-corrected chi connectivity index (χ2v) is 8.85. The van der Waals surface area contributed by atoms with Crippen LogP contribution in [0.2, 0.25) is 0 Å². The van der Waals surface area contributed by atoms with Gasteiger partial charge >= 0.3 is 0 Å². The van der Waals surface area contributed by atoms with Gasteiger partial charge in [0.25, 0.3) is 5.91 Å². The molecule has 2 aromatic rings. The number of amides is 2. The third kappa shape index (κ3) is 6.83. The van der Waals surface area contributed by atoms with Gasteiger partial charge in [-0.15, -0.1) is 0 Å². The summed E-state index contributed by atoms with van der Waals surface area (Å²) in [6.07, 6.45) is 0. The molecule has 0 saturated carbocycles. The predicted molar refractivity (Wildman–Crippen MR) is 112 cm³/mol. The normalized spacial score (nSPS) is 11.4. The fourth-order valence-electron chi connectivity index (χ4n) is 2.74. The number of hydrogen-bond donors (Lipinski definition) is 2. The van der Waals surface area contributed by atoms with E-state index in [0.29, 0.717) is 5.56 Å². The van der Waals surface area contributed by atoms with Crippen molar-refractivity contribution in [2.75, 3.05) is 13.1 Å². The number of carbonyl (C=O) groups excluding carboxylic acids is 2. The maximum Gasteiger partial charge on any atom is 0.257 e. The number of nitrogens with zero attached hydrogens (tertiary/aromatic N) is 1. The van der Waals surface area contributed by atoms with Crippen molar-refractivity contribution < 1.29 is 26.8 Å². The van der Waals surface area contributed by atoms with Gasteiger partial charge in [0.1, 0.15) is 11.6 Å². The van der Waals surface area contributed by atoms with Crippen LogP contribution in [0.15, 0.2) is 47.4 Å². The summed E-state index contributed by atoms with van der Waals surface area (Å²) in [5.41, 5.74) is 0.227. The first kappa shape index (κ1) is 24.4. The molecular formula is C21H25F2N3O4S. The molecule has 2 N–H and O–H groups in total. The first-order valence-electron chi connectivity index (χ1n) is 9.65. The van der Waals surface area contributed by atoms with Crippen LogP contribution in [0.3, 0.4) is 0 Å². The summed E-state index contributed by atoms with van der Waals surface area (Å²) in [6, 6.07) is 8.12. The van der Waals surface area contributed by atoms with Gasteiger partial charge < -0.3 is 10.2 Å². The third-order valence-electron chi connectivity index (χ3n) is 4.28. The van der Waals surface area contributed by atoms with E-state index >= 15 is 0 Å². The van der Waals surface area contributed by atoms with Crippen LogP contribution in [-0.4, -0.2) is 44.3 Å². The number of rotatable bonds is 9. The smallest absolute Gasteiger partial charge is 0.257 e.